The molecule has 12 aromatic rings. The van der Waals surface area contributed by atoms with E-state index in [0.717, 1.165) is 60.6 Å². The monoisotopic (exact) mass is 712 g/mol. The van der Waals surface area contributed by atoms with Crippen LogP contribution in [0.25, 0.3) is 121 Å². The van der Waals surface area contributed by atoms with E-state index in [2.05, 4.69) is 182 Å². The lowest BCUT2D eigenvalue weighted by Crippen LogP contribution is -1.94. The van der Waals surface area contributed by atoms with Crippen LogP contribution in [0, 0.1) is 0 Å². The number of hydrogen-bond acceptors (Lipinski definition) is 2. The predicted molar refractivity (Wildman–Crippen MR) is 235 cm³/mol. The molecule has 0 atom stereocenters. The molecule has 0 amide bonds. The molecule has 0 aliphatic rings. The summed E-state index contributed by atoms with van der Waals surface area (Å²) in [6.45, 7) is 0. The first kappa shape index (κ1) is 31.0. The topological polar surface area (TPSA) is 26.3 Å². The zero-order valence-corrected chi connectivity index (χ0v) is 30.3. The van der Waals surface area contributed by atoms with Gasteiger partial charge in [-0.2, -0.15) is 0 Å². The molecule has 2 heteroatoms. The Balaban J connectivity index is 1.20. The summed E-state index contributed by atoms with van der Waals surface area (Å²) in [5, 5.41) is 11.7. The van der Waals surface area contributed by atoms with Gasteiger partial charge in [-0.05, 0) is 95.5 Å². The van der Waals surface area contributed by atoms with E-state index in [4.69, 9.17) is 8.83 Å². The lowest BCUT2D eigenvalue weighted by molar-refractivity contribution is 0.669. The fourth-order valence-corrected chi connectivity index (χ4v) is 9.27. The van der Waals surface area contributed by atoms with Crippen molar-refractivity contribution < 1.29 is 8.83 Å². The molecule has 2 nitrogen and oxygen atoms in total. The Hall–Kier alpha value is -7.42. The second-order valence-corrected chi connectivity index (χ2v) is 14.7. The Morgan fingerprint density at radius 3 is 1.41 bits per heavy atom. The molecule has 0 aliphatic heterocycles. The molecule has 0 saturated heterocycles. The smallest absolute Gasteiger partial charge is 0.143 e. The van der Waals surface area contributed by atoms with Gasteiger partial charge < -0.3 is 8.83 Å². The Bertz CT molecular complexity index is 3480. The van der Waals surface area contributed by atoms with Crippen LogP contribution >= 0.6 is 0 Å². The van der Waals surface area contributed by atoms with Gasteiger partial charge in [0.25, 0.3) is 0 Å². The normalized spacial score (nSPS) is 11.9. The molecule has 0 spiro atoms. The van der Waals surface area contributed by atoms with Crippen molar-refractivity contribution in [3.63, 3.8) is 0 Å². The van der Waals surface area contributed by atoms with Gasteiger partial charge in [0.2, 0.25) is 0 Å². The molecular formula is C54H32O2. The van der Waals surface area contributed by atoms with E-state index in [1.165, 1.54) is 60.1 Å². The van der Waals surface area contributed by atoms with Gasteiger partial charge in [0.05, 0.1) is 0 Å². The van der Waals surface area contributed by atoms with Crippen LogP contribution in [-0.4, -0.2) is 0 Å². The maximum absolute atomic E-state index is 6.62. The van der Waals surface area contributed by atoms with Crippen molar-refractivity contribution in [2.75, 3.05) is 0 Å². The lowest BCUT2D eigenvalue weighted by atomic mass is 9.81. The van der Waals surface area contributed by atoms with Crippen molar-refractivity contribution in [1.82, 2.24) is 0 Å². The highest BCUT2D eigenvalue weighted by Crippen LogP contribution is 2.50. The van der Waals surface area contributed by atoms with E-state index in [-0.39, 0.29) is 0 Å². The van der Waals surface area contributed by atoms with Gasteiger partial charge in [-0.15, -0.1) is 0 Å². The van der Waals surface area contributed by atoms with Crippen LogP contribution in [0.5, 0.6) is 0 Å². The summed E-state index contributed by atoms with van der Waals surface area (Å²) < 4.78 is 13.2. The van der Waals surface area contributed by atoms with Gasteiger partial charge in [0, 0.05) is 27.1 Å². The van der Waals surface area contributed by atoms with E-state index in [1.807, 2.05) is 12.1 Å². The Kier molecular flexibility index (Phi) is 6.66. The van der Waals surface area contributed by atoms with Crippen LogP contribution in [0.15, 0.2) is 203 Å². The zero-order chi connectivity index (χ0) is 36.7. The molecular weight excluding hydrogens is 681 g/mol. The fraction of sp³-hybridized carbons (Fsp3) is 0. The molecule has 56 heavy (non-hydrogen) atoms. The summed E-state index contributed by atoms with van der Waals surface area (Å²) in [6, 6.07) is 69.8. The molecule has 0 aliphatic carbocycles. The second-order valence-electron chi connectivity index (χ2n) is 14.7. The van der Waals surface area contributed by atoms with Crippen molar-refractivity contribution in [2.24, 2.45) is 0 Å². The molecule has 0 radical (unpaired) electrons. The number of rotatable bonds is 4. The van der Waals surface area contributed by atoms with Crippen molar-refractivity contribution in [1.29, 1.82) is 0 Å². The van der Waals surface area contributed by atoms with Crippen molar-refractivity contribution in [2.45, 2.75) is 0 Å². The van der Waals surface area contributed by atoms with E-state index in [9.17, 15) is 0 Å². The molecule has 0 fully saturated rings. The minimum Gasteiger partial charge on any atom is -0.456 e. The summed E-state index contributed by atoms with van der Waals surface area (Å²) >= 11 is 0. The van der Waals surface area contributed by atoms with Crippen LogP contribution in [0.4, 0.5) is 0 Å². The largest absolute Gasteiger partial charge is 0.456 e. The number of hydrogen-bond donors (Lipinski definition) is 0. The van der Waals surface area contributed by atoms with Gasteiger partial charge >= 0.3 is 0 Å². The number of furan rings is 2. The number of para-hydroxylation sites is 3. The van der Waals surface area contributed by atoms with Gasteiger partial charge in [-0.3, -0.25) is 0 Å². The van der Waals surface area contributed by atoms with Crippen LogP contribution in [0.1, 0.15) is 0 Å². The SMILES string of the molecule is c1ccc(-c2cccc3c2oc2ccccc23)c(-c2c3ccccc3c(-c3cc4oc5ccccc5c4cc3-c3cccc4ccccc34)c3ccccc23)c1. The number of benzene rings is 10. The third-order valence-electron chi connectivity index (χ3n) is 11.7. The molecule has 2 aromatic heterocycles. The minimum atomic E-state index is 0.881. The molecule has 0 bridgehead atoms. The highest BCUT2D eigenvalue weighted by atomic mass is 16.3. The Labute approximate surface area is 322 Å². The first-order chi connectivity index (χ1) is 27.8. The Morgan fingerprint density at radius 1 is 0.232 bits per heavy atom. The molecule has 2 heterocycles. The molecule has 0 saturated carbocycles. The second kappa shape index (κ2) is 12.0. The zero-order valence-electron chi connectivity index (χ0n) is 30.3. The van der Waals surface area contributed by atoms with Crippen LogP contribution in [0.2, 0.25) is 0 Å². The Morgan fingerprint density at radius 2 is 0.696 bits per heavy atom. The van der Waals surface area contributed by atoms with Crippen molar-refractivity contribution >= 4 is 76.2 Å². The van der Waals surface area contributed by atoms with E-state index >= 15 is 0 Å². The fourth-order valence-electron chi connectivity index (χ4n) is 9.27. The first-order valence-electron chi connectivity index (χ1n) is 19.2. The van der Waals surface area contributed by atoms with Crippen molar-refractivity contribution in [3.8, 4) is 44.5 Å². The maximum atomic E-state index is 6.62. The number of fused-ring (bicyclic) bond motifs is 9. The van der Waals surface area contributed by atoms with Crippen LogP contribution < -0.4 is 0 Å². The van der Waals surface area contributed by atoms with Gasteiger partial charge in [-0.25, -0.2) is 0 Å². The standard InChI is InChI=1S/C54H32O2/c1-2-17-34-33(15-1)16-13-26-35(34)46-31-47-38-20-10-11-29-49(38)55-51(47)32-48(46)53-42-24-7-5-22-40(42)52(41-23-6-8-25-43(41)53)39-21-4-3-18-36(39)44-27-14-28-45-37-19-9-12-30-50(37)56-54(44)45/h1-32H. The van der Waals surface area contributed by atoms with Crippen molar-refractivity contribution in [3.05, 3.63) is 194 Å². The molecule has 0 unspecified atom stereocenters. The van der Waals surface area contributed by atoms with Crippen LogP contribution in [-0.2, 0) is 0 Å². The summed E-state index contributed by atoms with van der Waals surface area (Å²) in [6.07, 6.45) is 0. The van der Waals surface area contributed by atoms with Gasteiger partial charge in [0.1, 0.15) is 22.3 Å². The van der Waals surface area contributed by atoms with E-state index < -0.39 is 0 Å². The molecule has 0 N–H and O–H groups in total. The van der Waals surface area contributed by atoms with Gasteiger partial charge in [-0.1, -0.05) is 170 Å². The highest BCUT2D eigenvalue weighted by molar-refractivity contribution is 6.25. The summed E-state index contributed by atoms with van der Waals surface area (Å²) in [5.74, 6) is 0. The summed E-state index contributed by atoms with van der Waals surface area (Å²) in [5.41, 5.74) is 12.9. The average Bonchev–Trinajstić information content (AvgIpc) is 3.83. The molecule has 10 aromatic carbocycles. The average molecular weight is 713 g/mol. The third kappa shape index (κ3) is 4.50. The predicted octanol–water partition coefficient (Wildman–Crippen LogP) is 15.6. The first-order valence-corrected chi connectivity index (χ1v) is 19.2. The maximum Gasteiger partial charge on any atom is 0.143 e. The van der Waals surface area contributed by atoms with Gasteiger partial charge in [0.15, 0.2) is 0 Å². The molecule has 12 rings (SSSR count). The summed E-state index contributed by atoms with van der Waals surface area (Å²) in [7, 11) is 0. The minimum absolute atomic E-state index is 0.881. The molecule has 260 valence electrons. The quantitative estimate of drug-likeness (QED) is 0.170. The van der Waals surface area contributed by atoms with E-state index in [1.54, 1.807) is 0 Å². The van der Waals surface area contributed by atoms with Crippen LogP contribution in [0.3, 0.4) is 0 Å². The summed E-state index contributed by atoms with van der Waals surface area (Å²) in [4.78, 5) is 0. The highest BCUT2D eigenvalue weighted by Gasteiger charge is 2.24. The lowest BCUT2D eigenvalue weighted by Gasteiger charge is -2.21. The third-order valence-corrected chi connectivity index (χ3v) is 11.7. The van der Waals surface area contributed by atoms with E-state index in [0.29, 0.717) is 0 Å².